The number of nitrogens with one attached hydrogen (secondary N) is 1. The molecule has 0 saturated carbocycles. The van der Waals surface area contributed by atoms with Crippen molar-refractivity contribution in [1.82, 2.24) is 9.97 Å². The molecule has 6 heteroatoms. The minimum Gasteiger partial charge on any atom is -0.378 e. The van der Waals surface area contributed by atoms with E-state index in [1.54, 1.807) is 18.5 Å². The van der Waals surface area contributed by atoms with Crippen LogP contribution in [0, 0.1) is 6.92 Å². The van der Waals surface area contributed by atoms with Crippen molar-refractivity contribution in [2.24, 2.45) is 0 Å². The molecular formula is C16H18N4O2. The number of amides is 1. The highest BCUT2D eigenvalue weighted by Crippen LogP contribution is 2.14. The summed E-state index contributed by atoms with van der Waals surface area (Å²) in [6.07, 6.45) is 3.27. The van der Waals surface area contributed by atoms with Crippen molar-refractivity contribution in [1.29, 1.82) is 0 Å². The Morgan fingerprint density at radius 1 is 1.18 bits per heavy atom. The molecule has 6 nitrogen and oxygen atoms in total. The molecule has 0 spiro atoms. The molecule has 1 saturated heterocycles. The second kappa shape index (κ2) is 6.53. The van der Waals surface area contributed by atoms with Crippen LogP contribution < -0.4 is 10.2 Å². The summed E-state index contributed by atoms with van der Waals surface area (Å²) in [5.74, 6) is 0.512. The lowest BCUT2D eigenvalue weighted by Gasteiger charge is -2.26. The standard InChI is InChI=1S/C16H18N4O2/c1-12-4-2-3-5-14(12)15(21)19-13-10-17-16(18-11-13)20-6-8-22-9-7-20/h2-5,10-11H,6-9H2,1H3,(H,19,21). The Balaban J connectivity index is 1.68. The zero-order valence-electron chi connectivity index (χ0n) is 12.5. The van der Waals surface area contributed by atoms with Gasteiger partial charge < -0.3 is 15.0 Å². The molecule has 1 amide bonds. The Morgan fingerprint density at radius 3 is 2.55 bits per heavy atom. The Bertz CT molecular complexity index is 651. The number of hydrogen-bond acceptors (Lipinski definition) is 5. The van der Waals surface area contributed by atoms with Crippen LogP contribution in [0.25, 0.3) is 0 Å². The average molecular weight is 298 g/mol. The van der Waals surface area contributed by atoms with Crippen molar-refractivity contribution in [3.05, 3.63) is 47.8 Å². The molecule has 0 bridgehead atoms. The number of carbonyl (C=O) groups is 1. The van der Waals surface area contributed by atoms with Gasteiger partial charge in [0.25, 0.3) is 5.91 Å². The molecule has 1 fully saturated rings. The number of nitrogens with zero attached hydrogens (tertiary/aromatic N) is 3. The number of carbonyl (C=O) groups excluding carboxylic acids is 1. The summed E-state index contributed by atoms with van der Waals surface area (Å²) in [4.78, 5) is 22.9. The van der Waals surface area contributed by atoms with Gasteiger partial charge in [0.2, 0.25) is 5.95 Å². The van der Waals surface area contributed by atoms with Gasteiger partial charge in [0.15, 0.2) is 0 Å². The first-order valence-electron chi connectivity index (χ1n) is 7.26. The Labute approximate surface area is 129 Å². The van der Waals surface area contributed by atoms with Gasteiger partial charge >= 0.3 is 0 Å². The molecule has 2 aromatic rings. The maximum Gasteiger partial charge on any atom is 0.256 e. The lowest BCUT2D eigenvalue weighted by atomic mass is 10.1. The summed E-state index contributed by atoms with van der Waals surface area (Å²) in [6, 6.07) is 7.47. The zero-order valence-corrected chi connectivity index (χ0v) is 12.5. The lowest BCUT2D eigenvalue weighted by molar-refractivity contribution is 0.102. The summed E-state index contributed by atoms with van der Waals surface area (Å²) in [5.41, 5.74) is 2.18. The van der Waals surface area contributed by atoms with E-state index in [4.69, 9.17) is 4.74 Å². The second-order valence-corrected chi connectivity index (χ2v) is 5.14. The molecule has 0 atom stereocenters. The van der Waals surface area contributed by atoms with Crippen molar-refractivity contribution in [3.63, 3.8) is 0 Å². The van der Waals surface area contributed by atoms with E-state index in [1.807, 2.05) is 25.1 Å². The van der Waals surface area contributed by atoms with Gasteiger partial charge in [-0.2, -0.15) is 0 Å². The molecule has 0 unspecified atom stereocenters. The number of hydrogen-bond donors (Lipinski definition) is 1. The monoisotopic (exact) mass is 298 g/mol. The fourth-order valence-electron chi connectivity index (χ4n) is 2.34. The molecule has 0 aliphatic carbocycles. The minimum atomic E-state index is -0.152. The van der Waals surface area contributed by atoms with Gasteiger partial charge in [-0.05, 0) is 18.6 Å². The fourth-order valence-corrected chi connectivity index (χ4v) is 2.34. The second-order valence-electron chi connectivity index (χ2n) is 5.14. The molecule has 22 heavy (non-hydrogen) atoms. The van der Waals surface area contributed by atoms with Crippen molar-refractivity contribution >= 4 is 17.5 Å². The number of ether oxygens (including phenoxy) is 1. The molecule has 0 radical (unpaired) electrons. The summed E-state index contributed by atoms with van der Waals surface area (Å²) in [7, 11) is 0. The van der Waals surface area contributed by atoms with Gasteiger partial charge in [0.05, 0.1) is 31.3 Å². The Morgan fingerprint density at radius 2 is 1.86 bits per heavy atom. The van der Waals surface area contributed by atoms with E-state index >= 15 is 0 Å². The molecule has 1 N–H and O–H groups in total. The third kappa shape index (κ3) is 3.23. The topological polar surface area (TPSA) is 67.4 Å². The quantitative estimate of drug-likeness (QED) is 0.937. The number of aromatic nitrogens is 2. The van der Waals surface area contributed by atoms with E-state index in [0.717, 1.165) is 18.7 Å². The van der Waals surface area contributed by atoms with Gasteiger partial charge in [-0.25, -0.2) is 9.97 Å². The normalized spacial score (nSPS) is 14.7. The fraction of sp³-hybridized carbons (Fsp3) is 0.312. The van der Waals surface area contributed by atoms with Crippen molar-refractivity contribution < 1.29 is 9.53 Å². The first-order chi connectivity index (χ1) is 10.7. The van der Waals surface area contributed by atoms with Crippen LogP contribution in [0.5, 0.6) is 0 Å². The molecule has 1 aliphatic rings. The minimum absolute atomic E-state index is 0.152. The molecule has 1 aromatic heterocycles. The summed E-state index contributed by atoms with van der Waals surface area (Å²) >= 11 is 0. The van der Waals surface area contributed by atoms with E-state index in [1.165, 1.54) is 0 Å². The number of anilines is 2. The maximum atomic E-state index is 12.2. The smallest absolute Gasteiger partial charge is 0.256 e. The van der Waals surface area contributed by atoms with Crippen LogP contribution in [0.4, 0.5) is 11.6 Å². The number of rotatable bonds is 3. The van der Waals surface area contributed by atoms with Crippen LogP contribution in [0.3, 0.4) is 0 Å². The van der Waals surface area contributed by atoms with E-state index in [0.29, 0.717) is 30.4 Å². The van der Waals surface area contributed by atoms with E-state index in [9.17, 15) is 4.79 Å². The van der Waals surface area contributed by atoms with E-state index in [-0.39, 0.29) is 5.91 Å². The maximum absolute atomic E-state index is 12.2. The SMILES string of the molecule is Cc1ccccc1C(=O)Nc1cnc(N2CCOCC2)nc1. The molecular weight excluding hydrogens is 280 g/mol. The van der Waals surface area contributed by atoms with Crippen LogP contribution in [0.1, 0.15) is 15.9 Å². The first-order valence-corrected chi connectivity index (χ1v) is 7.26. The third-order valence-corrected chi connectivity index (χ3v) is 3.58. The van der Waals surface area contributed by atoms with Crippen molar-refractivity contribution in [3.8, 4) is 0 Å². The first kappa shape index (κ1) is 14.5. The van der Waals surface area contributed by atoms with Crippen LogP contribution in [0.15, 0.2) is 36.7 Å². The van der Waals surface area contributed by atoms with Crippen LogP contribution in [-0.4, -0.2) is 42.2 Å². The molecule has 2 heterocycles. The van der Waals surface area contributed by atoms with Gasteiger partial charge in [-0.15, -0.1) is 0 Å². The summed E-state index contributed by atoms with van der Waals surface area (Å²) in [5, 5.41) is 2.82. The Hall–Kier alpha value is -2.47. The predicted octanol–water partition coefficient (Wildman–Crippen LogP) is 1.87. The van der Waals surface area contributed by atoms with E-state index < -0.39 is 0 Å². The molecule has 1 aliphatic heterocycles. The van der Waals surface area contributed by atoms with Gasteiger partial charge in [-0.1, -0.05) is 18.2 Å². The van der Waals surface area contributed by atoms with Gasteiger partial charge in [0.1, 0.15) is 0 Å². The van der Waals surface area contributed by atoms with Crippen molar-refractivity contribution in [2.45, 2.75) is 6.92 Å². The third-order valence-electron chi connectivity index (χ3n) is 3.58. The molecule has 114 valence electrons. The number of morpholine rings is 1. The van der Waals surface area contributed by atoms with Gasteiger partial charge in [-0.3, -0.25) is 4.79 Å². The summed E-state index contributed by atoms with van der Waals surface area (Å²) in [6.45, 7) is 4.86. The number of benzene rings is 1. The van der Waals surface area contributed by atoms with Crippen LogP contribution >= 0.6 is 0 Å². The zero-order chi connectivity index (χ0) is 15.4. The number of aryl methyl sites for hydroxylation is 1. The van der Waals surface area contributed by atoms with Crippen molar-refractivity contribution in [2.75, 3.05) is 36.5 Å². The van der Waals surface area contributed by atoms with E-state index in [2.05, 4.69) is 20.2 Å². The average Bonchev–Trinajstić information content (AvgIpc) is 2.57. The Kier molecular flexibility index (Phi) is 4.29. The molecule has 1 aromatic carbocycles. The molecule has 3 rings (SSSR count). The summed E-state index contributed by atoms with van der Waals surface area (Å²) < 4.78 is 5.30. The van der Waals surface area contributed by atoms with Crippen LogP contribution in [-0.2, 0) is 4.74 Å². The van der Waals surface area contributed by atoms with Crippen LogP contribution in [0.2, 0.25) is 0 Å². The highest BCUT2D eigenvalue weighted by atomic mass is 16.5. The predicted molar refractivity (Wildman–Crippen MR) is 84.2 cm³/mol. The highest BCUT2D eigenvalue weighted by molar-refractivity contribution is 6.05. The lowest BCUT2D eigenvalue weighted by Crippen LogP contribution is -2.37. The largest absolute Gasteiger partial charge is 0.378 e. The highest BCUT2D eigenvalue weighted by Gasteiger charge is 2.14. The van der Waals surface area contributed by atoms with Gasteiger partial charge in [0, 0.05) is 18.7 Å².